The first kappa shape index (κ1) is 25.0. The van der Waals surface area contributed by atoms with E-state index >= 15 is 0 Å². The van der Waals surface area contributed by atoms with Crippen LogP contribution in [-0.2, 0) is 4.79 Å². The van der Waals surface area contributed by atoms with Gasteiger partial charge in [0.25, 0.3) is 0 Å². The summed E-state index contributed by atoms with van der Waals surface area (Å²) in [6.45, 7) is 6.67. The number of aliphatic hydroxyl groups excluding tert-OH is 3. The second kappa shape index (κ2) is 8.95. The third kappa shape index (κ3) is 3.84. The van der Waals surface area contributed by atoms with Crippen molar-refractivity contribution in [2.75, 3.05) is 0 Å². The fourth-order valence-corrected chi connectivity index (χ4v) is 8.68. The predicted molar refractivity (Wildman–Crippen MR) is 107 cm³/mol. The minimum Gasteiger partial charge on any atom is -0.550 e. The molecular formula is C24H39NaO5. The molecule has 6 heteroatoms. The summed E-state index contributed by atoms with van der Waals surface area (Å²) in [5.74, 6) is 0.635. The van der Waals surface area contributed by atoms with Crippen LogP contribution in [0.1, 0.15) is 78.6 Å². The molecule has 4 aliphatic rings. The smallest absolute Gasteiger partial charge is 0.550 e. The number of aliphatic hydroxyl groups is 3. The van der Waals surface area contributed by atoms with Crippen LogP contribution < -0.4 is 34.7 Å². The van der Waals surface area contributed by atoms with Crippen LogP contribution in [0.5, 0.6) is 0 Å². The number of aliphatic carboxylic acids is 1. The van der Waals surface area contributed by atoms with E-state index in [0.29, 0.717) is 18.3 Å². The Morgan fingerprint density at radius 2 is 1.77 bits per heavy atom. The van der Waals surface area contributed by atoms with Crippen molar-refractivity contribution in [3.8, 4) is 0 Å². The maximum absolute atomic E-state index is 11.5. The molecule has 4 aliphatic carbocycles. The summed E-state index contributed by atoms with van der Waals surface area (Å²) in [6, 6.07) is 0. The second-order valence-corrected chi connectivity index (χ2v) is 11.4. The molecule has 166 valence electrons. The van der Waals surface area contributed by atoms with E-state index < -0.39 is 12.1 Å². The third-order valence-corrected chi connectivity index (χ3v) is 10.3. The van der Waals surface area contributed by atoms with Crippen molar-refractivity contribution in [2.24, 2.45) is 46.3 Å². The van der Waals surface area contributed by atoms with E-state index in [4.69, 9.17) is 0 Å². The largest absolute Gasteiger partial charge is 1.00 e. The Bertz CT molecular complexity index is 643. The van der Waals surface area contributed by atoms with Gasteiger partial charge in [0.05, 0.1) is 18.3 Å². The Hall–Kier alpha value is 0.350. The maximum Gasteiger partial charge on any atom is 1.00 e. The molecule has 0 aromatic carbocycles. The van der Waals surface area contributed by atoms with Crippen molar-refractivity contribution in [1.29, 1.82) is 0 Å². The topological polar surface area (TPSA) is 101 Å². The number of carboxylic acids is 1. The first-order valence-corrected chi connectivity index (χ1v) is 11.8. The van der Waals surface area contributed by atoms with Gasteiger partial charge in [-0.2, -0.15) is 0 Å². The summed E-state index contributed by atoms with van der Waals surface area (Å²) in [5.41, 5.74) is -0.172. The van der Waals surface area contributed by atoms with Gasteiger partial charge in [-0.1, -0.05) is 20.8 Å². The molecule has 0 aliphatic heterocycles. The molecule has 1 unspecified atom stereocenters. The number of carbonyl (C=O) groups excluding carboxylic acids is 1. The molecule has 4 fully saturated rings. The van der Waals surface area contributed by atoms with Crippen molar-refractivity contribution >= 4 is 5.97 Å². The van der Waals surface area contributed by atoms with Gasteiger partial charge in [0.1, 0.15) is 0 Å². The summed E-state index contributed by atoms with van der Waals surface area (Å²) in [4.78, 5) is 11.0. The molecule has 0 heterocycles. The standard InChI is InChI=1S/C24H40O5.Na/c1-13(4-7-21(28)29)16-5-6-17-22-18(12-20(27)24(16,17)3)23(2)9-8-15(25)10-14(23)11-19(22)26;/h13-20,22,25-27H,4-12H2,1-3H3,(H,28,29);/q;+1/p-1/t13-,14+,15-,16-,17+,18+,19-,20+,22?,23+,24-;/m1./s1. The third-order valence-electron chi connectivity index (χ3n) is 10.3. The first-order valence-electron chi connectivity index (χ1n) is 11.8. The number of carbonyl (C=O) groups is 1. The summed E-state index contributed by atoms with van der Waals surface area (Å²) < 4.78 is 0. The zero-order chi connectivity index (χ0) is 21.1. The predicted octanol–water partition coefficient (Wildman–Crippen LogP) is -0.882. The summed E-state index contributed by atoms with van der Waals surface area (Å²) >= 11 is 0. The molecule has 0 radical (unpaired) electrons. The Morgan fingerprint density at radius 3 is 2.43 bits per heavy atom. The summed E-state index contributed by atoms with van der Waals surface area (Å²) in [7, 11) is 0. The zero-order valence-electron chi connectivity index (χ0n) is 19.2. The van der Waals surface area contributed by atoms with Gasteiger partial charge in [-0.05, 0) is 104 Å². The van der Waals surface area contributed by atoms with Gasteiger partial charge >= 0.3 is 29.6 Å². The van der Waals surface area contributed by atoms with E-state index in [2.05, 4.69) is 20.8 Å². The fraction of sp³-hybridized carbons (Fsp3) is 0.958. The zero-order valence-corrected chi connectivity index (χ0v) is 21.2. The van der Waals surface area contributed by atoms with Gasteiger partial charge in [0, 0.05) is 5.97 Å². The molecule has 3 N–H and O–H groups in total. The Labute approximate surface area is 203 Å². The second-order valence-electron chi connectivity index (χ2n) is 11.4. The maximum atomic E-state index is 11.5. The Morgan fingerprint density at radius 1 is 1.07 bits per heavy atom. The van der Waals surface area contributed by atoms with Gasteiger partial charge in [-0.25, -0.2) is 0 Å². The van der Waals surface area contributed by atoms with Crippen molar-refractivity contribution in [3.63, 3.8) is 0 Å². The number of rotatable bonds is 4. The average molecular weight is 431 g/mol. The van der Waals surface area contributed by atoms with Gasteiger partial charge in [-0.15, -0.1) is 0 Å². The van der Waals surface area contributed by atoms with E-state index in [0.717, 1.165) is 44.9 Å². The SMILES string of the molecule is C[C@H](CCC(=O)[O-])[C@H]1CC[C@H]2C3[C@H](O)C[C@@H]4C[C@H](O)CC[C@]4(C)[C@H]3C[C@H](O)[C@]12C.[Na+]. The molecule has 30 heavy (non-hydrogen) atoms. The van der Waals surface area contributed by atoms with Gasteiger partial charge in [0.15, 0.2) is 0 Å². The van der Waals surface area contributed by atoms with Crippen LogP contribution in [0, 0.1) is 46.3 Å². The van der Waals surface area contributed by atoms with Crippen LogP contribution in [0.3, 0.4) is 0 Å². The van der Waals surface area contributed by atoms with Crippen LogP contribution in [0.2, 0.25) is 0 Å². The van der Waals surface area contributed by atoms with Crippen LogP contribution in [0.15, 0.2) is 0 Å². The van der Waals surface area contributed by atoms with Crippen molar-refractivity contribution < 1.29 is 54.8 Å². The Balaban J connectivity index is 0.00000256. The van der Waals surface area contributed by atoms with Crippen LogP contribution in [0.4, 0.5) is 0 Å². The fourth-order valence-electron chi connectivity index (χ4n) is 8.68. The van der Waals surface area contributed by atoms with Crippen LogP contribution in [-0.4, -0.2) is 39.6 Å². The molecule has 0 saturated heterocycles. The molecule has 4 rings (SSSR count). The molecule has 0 bridgehead atoms. The molecule has 5 nitrogen and oxygen atoms in total. The van der Waals surface area contributed by atoms with Crippen LogP contribution >= 0.6 is 0 Å². The first-order chi connectivity index (χ1) is 13.6. The van der Waals surface area contributed by atoms with E-state index in [-0.39, 0.29) is 82.7 Å². The van der Waals surface area contributed by atoms with Gasteiger partial charge in [-0.3, -0.25) is 0 Å². The number of hydrogen-bond donors (Lipinski definition) is 3. The monoisotopic (exact) mass is 430 g/mol. The van der Waals surface area contributed by atoms with E-state index in [9.17, 15) is 25.2 Å². The van der Waals surface area contributed by atoms with Crippen LogP contribution in [0.25, 0.3) is 0 Å². The molecule has 4 saturated carbocycles. The number of hydrogen-bond acceptors (Lipinski definition) is 5. The summed E-state index contributed by atoms with van der Waals surface area (Å²) in [5, 5.41) is 43.9. The molecular weight excluding hydrogens is 391 g/mol. The van der Waals surface area contributed by atoms with E-state index in [1.54, 1.807) is 0 Å². The molecule has 0 aromatic heterocycles. The molecule has 0 spiro atoms. The summed E-state index contributed by atoms with van der Waals surface area (Å²) in [6.07, 6.45) is 5.72. The van der Waals surface area contributed by atoms with Crippen molar-refractivity contribution in [3.05, 3.63) is 0 Å². The molecule has 0 aromatic rings. The number of carboxylic acid groups (broad SMARTS) is 1. The van der Waals surface area contributed by atoms with Crippen molar-refractivity contribution in [2.45, 2.75) is 96.9 Å². The normalized spacial score (nSPS) is 51.1. The van der Waals surface area contributed by atoms with Gasteiger partial charge < -0.3 is 25.2 Å². The van der Waals surface area contributed by atoms with Crippen molar-refractivity contribution in [1.82, 2.24) is 0 Å². The average Bonchev–Trinajstić information content (AvgIpc) is 3.01. The molecule has 0 amide bonds. The van der Waals surface area contributed by atoms with E-state index in [1.807, 2.05) is 0 Å². The number of fused-ring (bicyclic) bond motifs is 5. The quantitative estimate of drug-likeness (QED) is 0.503. The van der Waals surface area contributed by atoms with E-state index in [1.165, 1.54) is 0 Å². The molecule has 11 atom stereocenters. The minimum absolute atomic E-state index is 0. The minimum atomic E-state index is -0.998. The Kier molecular flexibility index (Phi) is 7.45. The van der Waals surface area contributed by atoms with Gasteiger partial charge in [0.2, 0.25) is 0 Å².